The van der Waals surface area contributed by atoms with Crippen LogP contribution in [0.5, 0.6) is 0 Å². The van der Waals surface area contributed by atoms with E-state index < -0.39 is 0 Å². The fraction of sp³-hybridized carbons (Fsp3) is 0.267. The van der Waals surface area contributed by atoms with Crippen LogP contribution in [0.3, 0.4) is 0 Å². The predicted octanol–water partition coefficient (Wildman–Crippen LogP) is 2.72. The molecule has 2 rings (SSSR count). The summed E-state index contributed by atoms with van der Waals surface area (Å²) in [5.41, 5.74) is 8.26. The Hall–Kier alpha value is -1.74. The summed E-state index contributed by atoms with van der Waals surface area (Å²) in [4.78, 5) is 3.98. The van der Waals surface area contributed by atoms with Crippen LogP contribution in [0.25, 0.3) is 0 Å². The van der Waals surface area contributed by atoms with E-state index in [0.29, 0.717) is 6.42 Å². The molecule has 1 atom stereocenters. The van der Waals surface area contributed by atoms with Crippen molar-refractivity contribution in [2.75, 3.05) is 0 Å². The Labute approximate surface area is 107 Å². The molecule has 1 unspecified atom stereocenters. The molecule has 0 aliphatic carbocycles. The van der Waals surface area contributed by atoms with E-state index in [1.54, 1.807) is 24.5 Å². The van der Waals surface area contributed by atoms with Gasteiger partial charge in [-0.1, -0.05) is 12.1 Å². The summed E-state index contributed by atoms with van der Waals surface area (Å²) in [6.45, 7) is 0. The van der Waals surface area contributed by atoms with Crippen LogP contribution in [0.2, 0.25) is 0 Å². The van der Waals surface area contributed by atoms with E-state index in [2.05, 4.69) is 4.98 Å². The van der Waals surface area contributed by atoms with Gasteiger partial charge in [-0.2, -0.15) is 0 Å². The van der Waals surface area contributed by atoms with Crippen LogP contribution in [0.4, 0.5) is 4.39 Å². The van der Waals surface area contributed by atoms with Crippen LogP contribution in [-0.2, 0) is 12.8 Å². The minimum atomic E-state index is -0.200. The van der Waals surface area contributed by atoms with E-state index in [-0.39, 0.29) is 11.9 Å². The smallest absolute Gasteiger partial charge is 0.123 e. The van der Waals surface area contributed by atoms with Gasteiger partial charge in [0.1, 0.15) is 5.82 Å². The fourth-order valence-electron chi connectivity index (χ4n) is 1.97. The summed E-state index contributed by atoms with van der Waals surface area (Å²) in [5.74, 6) is -0.200. The van der Waals surface area contributed by atoms with Crippen LogP contribution in [0.1, 0.15) is 17.5 Å². The first-order chi connectivity index (χ1) is 8.74. The molecule has 2 aromatic rings. The molecule has 0 amide bonds. The fourth-order valence-corrected chi connectivity index (χ4v) is 1.97. The normalized spacial score (nSPS) is 12.3. The van der Waals surface area contributed by atoms with Crippen molar-refractivity contribution in [3.63, 3.8) is 0 Å². The standard InChI is InChI=1S/C15H17FN2/c16-14-3-1-2-13(10-14)11-15(17)5-4-12-6-8-18-9-7-12/h1-3,6-10,15H,4-5,11,17H2. The first-order valence-electron chi connectivity index (χ1n) is 6.13. The molecule has 0 saturated heterocycles. The van der Waals surface area contributed by atoms with Crippen molar-refractivity contribution in [2.45, 2.75) is 25.3 Å². The number of pyridine rings is 1. The topological polar surface area (TPSA) is 38.9 Å². The summed E-state index contributed by atoms with van der Waals surface area (Å²) >= 11 is 0. The Morgan fingerprint density at radius 1 is 1.11 bits per heavy atom. The van der Waals surface area contributed by atoms with Crippen molar-refractivity contribution in [3.05, 3.63) is 65.7 Å². The van der Waals surface area contributed by atoms with Gasteiger partial charge >= 0.3 is 0 Å². The number of hydrogen-bond donors (Lipinski definition) is 1. The Morgan fingerprint density at radius 2 is 1.89 bits per heavy atom. The third-order valence-corrected chi connectivity index (χ3v) is 2.94. The molecule has 94 valence electrons. The number of aromatic nitrogens is 1. The Kier molecular flexibility index (Phi) is 4.42. The summed E-state index contributed by atoms with van der Waals surface area (Å²) < 4.78 is 13.0. The highest BCUT2D eigenvalue weighted by Gasteiger charge is 2.05. The molecule has 0 fully saturated rings. The number of hydrogen-bond acceptors (Lipinski definition) is 2. The largest absolute Gasteiger partial charge is 0.327 e. The second-order valence-electron chi connectivity index (χ2n) is 4.49. The minimum absolute atomic E-state index is 0.0555. The van der Waals surface area contributed by atoms with Gasteiger partial charge in [0.25, 0.3) is 0 Å². The van der Waals surface area contributed by atoms with E-state index in [1.165, 1.54) is 11.6 Å². The molecule has 0 aliphatic rings. The molecule has 2 N–H and O–H groups in total. The van der Waals surface area contributed by atoms with Crippen molar-refractivity contribution in [3.8, 4) is 0 Å². The minimum Gasteiger partial charge on any atom is -0.327 e. The first-order valence-corrected chi connectivity index (χ1v) is 6.13. The average Bonchev–Trinajstić information content (AvgIpc) is 2.38. The van der Waals surface area contributed by atoms with Gasteiger partial charge in [0, 0.05) is 18.4 Å². The average molecular weight is 244 g/mol. The molecule has 0 radical (unpaired) electrons. The van der Waals surface area contributed by atoms with Crippen molar-refractivity contribution < 1.29 is 4.39 Å². The monoisotopic (exact) mass is 244 g/mol. The van der Waals surface area contributed by atoms with Crippen molar-refractivity contribution in [1.29, 1.82) is 0 Å². The highest BCUT2D eigenvalue weighted by Crippen LogP contribution is 2.09. The summed E-state index contributed by atoms with van der Waals surface area (Å²) in [7, 11) is 0. The molecular formula is C15H17FN2. The zero-order valence-corrected chi connectivity index (χ0v) is 10.2. The summed E-state index contributed by atoms with van der Waals surface area (Å²) in [5, 5.41) is 0. The van der Waals surface area contributed by atoms with E-state index in [0.717, 1.165) is 18.4 Å². The lowest BCUT2D eigenvalue weighted by molar-refractivity contribution is 0.598. The zero-order valence-electron chi connectivity index (χ0n) is 10.2. The Bertz CT molecular complexity index is 485. The molecule has 1 heterocycles. The van der Waals surface area contributed by atoms with Crippen molar-refractivity contribution in [1.82, 2.24) is 4.98 Å². The number of nitrogens with zero attached hydrogens (tertiary/aromatic N) is 1. The molecule has 1 aromatic heterocycles. The number of nitrogens with two attached hydrogens (primary N) is 1. The van der Waals surface area contributed by atoms with Crippen LogP contribution >= 0.6 is 0 Å². The number of benzene rings is 1. The van der Waals surface area contributed by atoms with Gasteiger partial charge in [-0.3, -0.25) is 4.98 Å². The molecule has 0 bridgehead atoms. The van der Waals surface area contributed by atoms with Crippen molar-refractivity contribution in [2.24, 2.45) is 5.73 Å². The van der Waals surface area contributed by atoms with Gasteiger partial charge in [-0.05, 0) is 54.7 Å². The van der Waals surface area contributed by atoms with Gasteiger partial charge < -0.3 is 5.73 Å². The van der Waals surface area contributed by atoms with Gasteiger partial charge in [-0.25, -0.2) is 4.39 Å². The lowest BCUT2D eigenvalue weighted by Crippen LogP contribution is -2.23. The summed E-state index contributed by atoms with van der Waals surface area (Å²) in [6.07, 6.45) is 6.10. The molecule has 3 heteroatoms. The van der Waals surface area contributed by atoms with Crippen molar-refractivity contribution >= 4 is 0 Å². The molecule has 0 aliphatic heterocycles. The third kappa shape index (κ3) is 3.93. The lowest BCUT2D eigenvalue weighted by atomic mass is 10.0. The second kappa shape index (κ2) is 6.26. The van der Waals surface area contributed by atoms with E-state index in [9.17, 15) is 4.39 Å². The molecule has 0 saturated carbocycles. The maximum atomic E-state index is 13.0. The predicted molar refractivity (Wildman–Crippen MR) is 70.6 cm³/mol. The number of aryl methyl sites for hydroxylation is 1. The highest BCUT2D eigenvalue weighted by molar-refractivity contribution is 5.17. The maximum Gasteiger partial charge on any atom is 0.123 e. The highest BCUT2D eigenvalue weighted by atomic mass is 19.1. The quantitative estimate of drug-likeness (QED) is 0.878. The van der Waals surface area contributed by atoms with Gasteiger partial charge in [0.05, 0.1) is 0 Å². The van der Waals surface area contributed by atoms with E-state index in [4.69, 9.17) is 5.73 Å². The van der Waals surface area contributed by atoms with Gasteiger partial charge in [-0.15, -0.1) is 0 Å². The van der Waals surface area contributed by atoms with Crippen LogP contribution in [0, 0.1) is 5.82 Å². The van der Waals surface area contributed by atoms with Crippen LogP contribution < -0.4 is 5.73 Å². The number of halogens is 1. The molecule has 2 nitrogen and oxygen atoms in total. The Balaban J connectivity index is 1.84. The van der Waals surface area contributed by atoms with Crippen LogP contribution in [-0.4, -0.2) is 11.0 Å². The molecule has 1 aromatic carbocycles. The van der Waals surface area contributed by atoms with Gasteiger partial charge in [0.15, 0.2) is 0 Å². The van der Waals surface area contributed by atoms with Crippen LogP contribution in [0.15, 0.2) is 48.8 Å². The zero-order chi connectivity index (χ0) is 12.8. The second-order valence-corrected chi connectivity index (χ2v) is 4.49. The first kappa shape index (κ1) is 12.7. The van der Waals surface area contributed by atoms with E-state index in [1.807, 2.05) is 18.2 Å². The number of rotatable bonds is 5. The lowest BCUT2D eigenvalue weighted by Gasteiger charge is -2.11. The maximum absolute atomic E-state index is 13.0. The van der Waals surface area contributed by atoms with Gasteiger partial charge in [0.2, 0.25) is 0 Å². The van der Waals surface area contributed by atoms with E-state index >= 15 is 0 Å². The molecule has 0 spiro atoms. The Morgan fingerprint density at radius 3 is 2.61 bits per heavy atom. The third-order valence-electron chi connectivity index (χ3n) is 2.94. The summed E-state index contributed by atoms with van der Waals surface area (Å²) in [6, 6.07) is 10.7. The SMILES string of the molecule is NC(CCc1ccncc1)Cc1cccc(F)c1. The molecular weight excluding hydrogens is 227 g/mol. The molecule has 18 heavy (non-hydrogen) atoms.